The van der Waals surface area contributed by atoms with E-state index in [2.05, 4.69) is 15.3 Å². The lowest BCUT2D eigenvalue weighted by Crippen LogP contribution is -2.54. The van der Waals surface area contributed by atoms with Crippen molar-refractivity contribution in [3.05, 3.63) is 18.5 Å². The number of carboxylic acid groups (broad SMARTS) is 1. The molecule has 1 aliphatic heterocycles. The number of amides is 2. The standard InChI is InChI=1S/C12H17N5O3/c1-9(10(18)19)16-5-7-17(8-6-16)12(20)15-11-13-3-2-4-14-11/h2-4,9H,5-8H2,1H3,(H,18,19)(H,13,14,15,20). The van der Waals surface area contributed by atoms with Crippen LogP contribution in [0.1, 0.15) is 6.92 Å². The number of urea groups is 1. The first-order valence-corrected chi connectivity index (χ1v) is 6.37. The topological polar surface area (TPSA) is 98.7 Å². The monoisotopic (exact) mass is 279 g/mol. The Morgan fingerprint density at radius 2 is 1.85 bits per heavy atom. The number of aromatic nitrogens is 2. The normalized spacial score (nSPS) is 17.6. The maximum Gasteiger partial charge on any atom is 0.324 e. The van der Waals surface area contributed by atoms with Crippen LogP contribution in [0.5, 0.6) is 0 Å². The second-order valence-corrected chi connectivity index (χ2v) is 4.54. The molecule has 1 aliphatic rings. The summed E-state index contributed by atoms with van der Waals surface area (Å²) in [5.41, 5.74) is 0. The number of hydrogen-bond acceptors (Lipinski definition) is 5. The van der Waals surface area contributed by atoms with Crippen molar-refractivity contribution in [2.75, 3.05) is 31.5 Å². The van der Waals surface area contributed by atoms with Gasteiger partial charge in [0.05, 0.1) is 0 Å². The molecule has 1 unspecified atom stereocenters. The first-order valence-electron chi connectivity index (χ1n) is 6.37. The predicted octanol–water partition coefficient (Wildman–Crippen LogP) is 0.0992. The molecule has 0 aromatic carbocycles. The number of hydrogen-bond donors (Lipinski definition) is 2. The van der Waals surface area contributed by atoms with Gasteiger partial charge in [-0.2, -0.15) is 0 Å². The molecule has 0 bridgehead atoms. The minimum Gasteiger partial charge on any atom is -0.480 e. The molecule has 8 nitrogen and oxygen atoms in total. The first kappa shape index (κ1) is 14.2. The molecule has 2 heterocycles. The van der Waals surface area contributed by atoms with Gasteiger partial charge in [-0.3, -0.25) is 15.0 Å². The van der Waals surface area contributed by atoms with Crippen LogP contribution in [0.3, 0.4) is 0 Å². The van der Waals surface area contributed by atoms with Crippen LogP contribution in [0.2, 0.25) is 0 Å². The fraction of sp³-hybridized carbons (Fsp3) is 0.500. The average Bonchev–Trinajstić information content (AvgIpc) is 2.47. The van der Waals surface area contributed by atoms with Gasteiger partial charge in [0.1, 0.15) is 6.04 Å². The van der Waals surface area contributed by atoms with Crippen molar-refractivity contribution in [3.63, 3.8) is 0 Å². The summed E-state index contributed by atoms with van der Waals surface area (Å²) in [4.78, 5) is 34.2. The van der Waals surface area contributed by atoms with E-state index in [1.54, 1.807) is 30.3 Å². The van der Waals surface area contributed by atoms with Crippen molar-refractivity contribution in [3.8, 4) is 0 Å². The summed E-state index contributed by atoms with van der Waals surface area (Å²) in [6.45, 7) is 3.69. The van der Waals surface area contributed by atoms with E-state index in [0.29, 0.717) is 26.2 Å². The van der Waals surface area contributed by atoms with E-state index in [1.165, 1.54) is 0 Å². The Labute approximate surface area is 116 Å². The van der Waals surface area contributed by atoms with Gasteiger partial charge in [0, 0.05) is 38.6 Å². The summed E-state index contributed by atoms with van der Waals surface area (Å²) in [6.07, 6.45) is 3.10. The number of carboxylic acids is 1. The Hall–Kier alpha value is -2.22. The summed E-state index contributed by atoms with van der Waals surface area (Å²) in [5.74, 6) is -0.584. The lowest BCUT2D eigenvalue weighted by atomic mass is 10.2. The van der Waals surface area contributed by atoms with Crippen molar-refractivity contribution in [2.45, 2.75) is 13.0 Å². The van der Waals surface area contributed by atoms with Crippen molar-refractivity contribution in [2.24, 2.45) is 0 Å². The second-order valence-electron chi connectivity index (χ2n) is 4.54. The number of rotatable bonds is 3. The van der Waals surface area contributed by atoms with Gasteiger partial charge in [-0.25, -0.2) is 14.8 Å². The lowest BCUT2D eigenvalue weighted by molar-refractivity contribution is -0.143. The quantitative estimate of drug-likeness (QED) is 0.814. The molecule has 0 radical (unpaired) electrons. The zero-order chi connectivity index (χ0) is 14.5. The van der Waals surface area contributed by atoms with Gasteiger partial charge in [0.2, 0.25) is 5.95 Å². The van der Waals surface area contributed by atoms with Crippen molar-refractivity contribution in [1.82, 2.24) is 19.8 Å². The first-order chi connectivity index (χ1) is 9.58. The number of nitrogens with one attached hydrogen (secondary N) is 1. The van der Waals surface area contributed by atoms with Crippen LogP contribution in [0.25, 0.3) is 0 Å². The molecule has 1 aromatic heterocycles. The van der Waals surface area contributed by atoms with E-state index in [0.717, 1.165) is 0 Å². The van der Waals surface area contributed by atoms with Crippen LogP contribution in [-0.2, 0) is 4.79 Å². The van der Waals surface area contributed by atoms with Crippen LogP contribution < -0.4 is 5.32 Å². The highest BCUT2D eigenvalue weighted by atomic mass is 16.4. The zero-order valence-corrected chi connectivity index (χ0v) is 11.2. The number of anilines is 1. The summed E-state index contributed by atoms with van der Waals surface area (Å²) < 4.78 is 0. The molecule has 2 rings (SSSR count). The Kier molecular flexibility index (Phi) is 4.46. The van der Waals surface area contributed by atoms with E-state index in [9.17, 15) is 9.59 Å². The summed E-state index contributed by atoms with van der Waals surface area (Å²) in [6, 6.07) is 0.873. The average molecular weight is 279 g/mol. The third kappa shape index (κ3) is 3.41. The molecule has 2 amide bonds. The molecular weight excluding hydrogens is 262 g/mol. The Balaban J connectivity index is 1.84. The molecule has 0 saturated carbocycles. The molecule has 0 aliphatic carbocycles. The third-order valence-corrected chi connectivity index (χ3v) is 3.29. The lowest BCUT2D eigenvalue weighted by Gasteiger charge is -2.36. The van der Waals surface area contributed by atoms with E-state index in [4.69, 9.17) is 5.11 Å². The summed E-state index contributed by atoms with van der Waals surface area (Å²) >= 11 is 0. The molecule has 1 saturated heterocycles. The number of carbonyl (C=O) groups excluding carboxylic acids is 1. The fourth-order valence-electron chi connectivity index (χ4n) is 2.01. The highest BCUT2D eigenvalue weighted by molar-refractivity contribution is 5.87. The van der Waals surface area contributed by atoms with Crippen molar-refractivity contribution >= 4 is 17.9 Å². The summed E-state index contributed by atoms with van der Waals surface area (Å²) in [5, 5.41) is 11.6. The molecule has 1 aromatic rings. The third-order valence-electron chi connectivity index (χ3n) is 3.29. The number of carbonyl (C=O) groups is 2. The van der Waals surface area contributed by atoms with Crippen LogP contribution in [0.15, 0.2) is 18.5 Å². The predicted molar refractivity (Wildman–Crippen MR) is 71.3 cm³/mol. The van der Waals surface area contributed by atoms with E-state index in [1.807, 2.05) is 4.90 Å². The van der Waals surface area contributed by atoms with E-state index in [-0.39, 0.29) is 12.0 Å². The molecule has 1 fully saturated rings. The van der Waals surface area contributed by atoms with E-state index < -0.39 is 12.0 Å². The fourth-order valence-corrected chi connectivity index (χ4v) is 2.01. The van der Waals surface area contributed by atoms with E-state index >= 15 is 0 Å². The Morgan fingerprint density at radius 3 is 2.40 bits per heavy atom. The highest BCUT2D eigenvalue weighted by Crippen LogP contribution is 2.08. The highest BCUT2D eigenvalue weighted by Gasteiger charge is 2.27. The minimum absolute atomic E-state index is 0.263. The Bertz CT molecular complexity index is 473. The maximum absolute atomic E-state index is 12.0. The largest absolute Gasteiger partial charge is 0.480 e. The van der Waals surface area contributed by atoms with Crippen LogP contribution in [0.4, 0.5) is 10.7 Å². The van der Waals surface area contributed by atoms with Crippen LogP contribution in [-0.4, -0.2) is 69.1 Å². The molecule has 2 N–H and O–H groups in total. The van der Waals surface area contributed by atoms with Gasteiger partial charge >= 0.3 is 12.0 Å². The molecule has 1 atom stereocenters. The minimum atomic E-state index is -0.847. The van der Waals surface area contributed by atoms with Gasteiger partial charge < -0.3 is 10.0 Å². The SMILES string of the molecule is CC(C(=O)O)N1CCN(C(=O)Nc2ncccn2)CC1. The molecular formula is C12H17N5O3. The van der Waals surface area contributed by atoms with Gasteiger partial charge in [-0.1, -0.05) is 0 Å². The smallest absolute Gasteiger partial charge is 0.324 e. The number of aliphatic carboxylic acids is 1. The maximum atomic E-state index is 12.0. The molecule has 0 spiro atoms. The number of piperazine rings is 1. The number of nitrogens with zero attached hydrogens (tertiary/aromatic N) is 4. The van der Waals surface area contributed by atoms with Gasteiger partial charge in [0.25, 0.3) is 0 Å². The van der Waals surface area contributed by atoms with Crippen molar-refractivity contribution in [1.29, 1.82) is 0 Å². The van der Waals surface area contributed by atoms with Gasteiger partial charge in [-0.15, -0.1) is 0 Å². The molecule has 8 heteroatoms. The van der Waals surface area contributed by atoms with Crippen molar-refractivity contribution < 1.29 is 14.7 Å². The molecule has 20 heavy (non-hydrogen) atoms. The Morgan fingerprint density at radius 1 is 1.25 bits per heavy atom. The van der Waals surface area contributed by atoms with Crippen LogP contribution in [0, 0.1) is 0 Å². The van der Waals surface area contributed by atoms with Crippen LogP contribution >= 0.6 is 0 Å². The second kappa shape index (κ2) is 6.29. The summed E-state index contributed by atoms with van der Waals surface area (Å²) in [7, 11) is 0. The molecule has 108 valence electrons. The van der Waals surface area contributed by atoms with Gasteiger partial charge in [-0.05, 0) is 13.0 Å². The van der Waals surface area contributed by atoms with Gasteiger partial charge in [0.15, 0.2) is 0 Å². The zero-order valence-electron chi connectivity index (χ0n) is 11.2.